The van der Waals surface area contributed by atoms with Crippen molar-refractivity contribution in [1.82, 2.24) is 10.2 Å². The highest BCUT2D eigenvalue weighted by Gasteiger charge is 2.23. The third kappa shape index (κ3) is 4.20. The van der Waals surface area contributed by atoms with Crippen LogP contribution in [-0.4, -0.2) is 37.5 Å². The number of hydrogen-bond donors (Lipinski definition) is 1. The Hall–Kier alpha value is -0.570. The van der Waals surface area contributed by atoms with E-state index in [0.29, 0.717) is 11.8 Å². The van der Waals surface area contributed by atoms with Crippen molar-refractivity contribution in [2.75, 3.05) is 26.7 Å². The summed E-state index contributed by atoms with van der Waals surface area (Å²) in [5, 5.41) is 3.29. The quantitative estimate of drug-likeness (QED) is 0.766. The van der Waals surface area contributed by atoms with Crippen molar-refractivity contribution in [2.45, 2.75) is 33.1 Å². The van der Waals surface area contributed by atoms with Crippen LogP contribution in [0.25, 0.3) is 0 Å². The van der Waals surface area contributed by atoms with Crippen LogP contribution < -0.4 is 5.32 Å². The Bertz CT molecular complexity index is 198. The second-order valence-corrected chi connectivity index (χ2v) is 4.97. The number of nitrogens with zero attached hydrogens (tertiary/aromatic N) is 1. The van der Waals surface area contributed by atoms with Crippen LogP contribution in [0.2, 0.25) is 0 Å². The van der Waals surface area contributed by atoms with Crippen LogP contribution in [0, 0.1) is 11.8 Å². The highest BCUT2D eigenvalue weighted by atomic mass is 16.2. The summed E-state index contributed by atoms with van der Waals surface area (Å²) >= 11 is 0. The van der Waals surface area contributed by atoms with E-state index in [1.54, 1.807) is 0 Å². The number of hydrogen-bond acceptors (Lipinski definition) is 2. The molecule has 3 heteroatoms. The Morgan fingerprint density at radius 3 is 2.53 bits per heavy atom. The number of rotatable bonds is 4. The SMILES string of the molecule is CC(C)CCN(C)C(=O)C1CCNCC1. The largest absolute Gasteiger partial charge is 0.346 e. The van der Waals surface area contributed by atoms with E-state index in [1.807, 2.05) is 11.9 Å². The zero-order valence-corrected chi connectivity index (χ0v) is 10.3. The highest BCUT2D eigenvalue weighted by molar-refractivity contribution is 5.78. The molecule has 1 fully saturated rings. The fourth-order valence-electron chi connectivity index (χ4n) is 1.94. The third-order valence-corrected chi connectivity index (χ3v) is 3.11. The van der Waals surface area contributed by atoms with E-state index in [2.05, 4.69) is 19.2 Å². The Labute approximate surface area is 93.2 Å². The van der Waals surface area contributed by atoms with Gasteiger partial charge in [-0.05, 0) is 38.3 Å². The molecule has 1 amide bonds. The number of carbonyl (C=O) groups excluding carboxylic acids is 1. The van der Waals surface area contributed by atoms with Crippen molar-refractivity contribution in [3.8, 4) is 0 Å². The molecular weight excluding hydrogens is 188 g/mol. The standard InChI is InChI=1S/C12H24N2O/c1-10(2)6-9-14(3)12(15)11-4-7-13-8-5-11/h10-11,13H,4-9H2,1-3H3. The maximum atomic E-state index is 12.0. The monoisotopic (exact) mass is 212 g/mol. The summed E-state index contributed by atoms with van der Waals surface area (Å²) in [6, 6.07) is 0. The molecule has 1 heterocycles. The lowest BCUT2D eigenvalue weighted by Gasteiger charge is -2.27. The van der Waals surface area contributed by atoms with Gasteiger partial charge in [0.05, 0.1) is 0 Å². The fourth-order valence-corrected chi connectivity index (χ4v) is 1.94. The summed E-state index contributed by atoms with van der Waals surface area (Å²) < 4.78 is 0. The van der Waals surface area contributed by atoms with Crippen molar-refractivity contribution in [3.05, 3.63) is 0 Å². The first-order valence-corrected chi connectivity index (χ1v) is 6.07. The molecule has 0 spiro atoms. The van der Waals surface area contributed by atoms with E-state index in [4.69, 9.17) is 0 Å². The van der Waals surface area contributed by atoms with Gasteiger partial charge in [-0.15, -0.1) is 0 Å². The number of nitrogens with one attached hydrogen (secondary N) is 1. The van der Waals surface area contributed by atoms with Crippen molar-refractivity contribution in [2.24, 2.45) is 11.8 Å². The lowest BCUT2D eigenvalue weighted by Crippen LogP contribution is -2.39. The molecule has 0 saturated carbocycles. The van der Waals surface area contributed by atoms with Gasteiger partial charge in [-0.2, -0.15) is 0 Å². The van der Waals surface area contributed by atoms with Gasteiger partial charge in [0, 0.05) is 19.5 Å². The molecule has 0 atom stereocenters. The molecule has 15 heavy (non-hydrogen) atoms. The molecule has 88 valence electrons. The zero-order valence-electron chi connectivity index (χ0n) is 10.3. The molecule has 0 aliphatic carbocycles. The second kappa shape index (κ2) is 6.11. The van der Waals surface area contributed by atoms with Crippen LogP contribution in [0.5, 0.6) is 0 Å². The van der Waals surface area contributed by atoms with Crippen LogP contribution in [0.4, 0.5) is 0 Å². The molecule has 1 aliphatic rings. The number of carbonyl (C=O) groups is 1. The molecule has 0 radical (unpaired) electrons. The number of piperidine rings is 1. The van der Waals surface area contributed by atoms with Gasteiger partial charge in [0.2, 0.25) is 5.91 Å². The van der Waals surface area contributed by atoms with Gasteiger partial charge in [0.1, 0.15) is 0 Å². The molecule has 0 bridgehead atoms. The molecule has 3 nitrogen and oxygen atoms in total. The molecule has 1 N–H and O–H groups in total. The lowest BCUT2D eigenvalue weighted by atomic mass is 9.96. The first-order valence-electron chi connectivity index (χ1n) is 6.07. The van der Waals surface area contributed by atoms with Crippen molar-refractivity contribution >= 4 is 5.91 Å². The fraction of sp³-hybridized carbons (Fsp3) is 0.917. The topological polar surface area (TPSA) is 32.3 Å². The third-order valence-electron chi connectivity index (χ3n) is 3.11. The second-order valence-electron chi connectivity index (χ2n) is 4.97. The van der Waals surface area contributed by atoms with Gasteiger partial charge >= 0.3 is 0 Å². The predicted octanol–water partition coefficient (Wildman–Crippen LogP) is 1.49. The summed E-state index contributed by atoms with van der Waals surface area (Å²) in [6.45, 7) is 7.29. The first-order chi connectivity index (χ1) is 7.11. The van der Waals surface area contributed by atoms with Crippen LogP contribution in [0.1, 0.15) is 33.1 Å². The van der Waals surface area contributed by atoms with Gasteiger partial charge in [-0.1, -0.05) is 13.8 Å². The van der Waals surface area contributed by atoms with E-state index in [9.17, 15) is 4.79 Å². The predicted molar refractivity (Wildman–Crippen MR) is 62.7 cm³/mol. The summed E-state index contributed by atoms with van der Waals surface area (Å²) in [6.07, 6.45) is 3.11. The van der Waals surface area contributed by atoms with E-state index >= 15 is 0 Å². The Balaban J connectivity index is 2.30. The smallest absolute Gasteiger partial charge is 0.225 e. The van der Waals surface area contributed by atoms with Gasteiger partial charge in [0.15, 0.2) is 0 Å². The van der Waals surface area contributed by atoms with E-state index < -0.39 is 0 Å². The van der Waals surface area contributed by atoms with Crippen LogP contribution in [-0.2, 0) is 4.79 Å². The maximum absolute atomic E-state index is 12.0. The van der Waals surface area contributed by atoms with Gasteiger partial charge in [-0.3, -0.25) is 4.79 Å². The van der Waals surface area contributed by atoms with Crippen LogP contribution >= 0.6 is 0 Å². The van der Waals surface area contributed by atoms with Crippen LogP contribution in [0.3, 0.4) is 0 Å². The Kier molecular flexibility index (Phi) is 5.09. The average molecular weight is 212 g/mol. The number of amides is 1. The molecular formula is C12H24N2O. The minimum Gasteiger partial charge on any atom is -0.346 e. The summed E-state index contributed by atoms with van der Waals surface area (Å²) in [5.74, 6) is 1.29. The summed E-state index contributed by atoms with van der Waals surface area (Å²) in [5.41, 5.74) is 0. The normalized spacial score (nSPS) is 18.1. The lowest BCUT2D eigenvalue weighted by molar-refractivity contribution is -0.135. The maximum Gasteiger partial charge on any atom is 0.225 e. The van der Waals surface area contributed by atoms with Crippen molar-refractivity contribution < 1.29 is 4.79 Å². The summed E-state index contributed by atoms with van der Waals surface area (Å²) in [7, 11) is 1.94. The summed E-state index contributed by atoms with van der Waals surface area (Å²) in [4.78, 5) is 13.9. The first kappa shape index (κ1) is 12.5. The molecule has 0 aromatic carbocycles. The molecule has 1 saturated heterocycles. The molecule has 0 aromatic heterocycles. The molecule has 1 aliphatic heterocycles. The van der Waals surface area contributed by atoms with E-state index in [-0.39, 0.29) is 5.92 Å². The van der Waals surface area contributed by atoms with E-state index in [1.165, 1.54) is 0 Å². The van der Waals surface area contributed by atoms with Crippen molar-refractivity contribution in [3.63, 3.8) is 0 Å². The van der Waals surface area contributed by atoms with Gasteiger partial charge in [-0.25, -0.2) is 0 Å². The molecule has 0 aromatic rings. The van der Waals surface area contributed by atoms with E-state index in [0.717, 1.165) is 38.9 Å². The van der Waals surface area contributed by atoms with Gasteiger partial charge < -0.3 is 10.2 Å². The molecule has 1 rings (SSSR count). The Morgan fingerprint density at radius 2 is 2.00 bits per heavy atom. The highest BCUT2D eigenvalue weighted by Crippen LogP contribution is 2.15. The zero-order chi connectivity index (χ0) is 11.3. The van der Waals surface area contributed by atoms with Gasteiger partial charge in [0.25, 0.3) is 0 Å². The Morgan fingerprint density at radius 1 is 1.40 bits per heavy atom. The van der Waals surface area contributed by atoms with Crippen molar-refractivity contribution in [1.29, 1.82) is 0 Å². The average Bonchev–Trinajstić information content (AvgIpc) is 2.26. The minimum atomic E-state index is 0.267. The van der Waals surface area contributed by atoms with Crippen LogP contribution in [0.15, 0.2) is 0 Å². The molecule has 0 unspecified atom stereocenters. The minimum absolute atomic E-state index is 0.267.